The van der Waals surface area contributed by atoms with E-state index in [9.17, 15) is 0 Å². The fourth-order valence-electron chi connectivity index (χ4n) is 3.71. The summed E-state index contributed by atoms with van der Waals surface area (Å²) in [5.74, 6) is 3.20. The third-order valence-corrected chi connectivity index (χ3v) is 4.90. The van der Waals surface area contributed by atoms with Crippen molar-refractivity contribution in [2.24, 2.45) is 0 Å². The van der Waals surface area contributed by atoms with Gasteiger partial charge in [0, 0.05) is 17.8 Å². The maximum absolute atomic E-state index is 5.48. The second-order valence-electron chi connectivity index (χ2n) is 7.04. The molecule has 5 heteroatoms. The molecule has 0 saturated heterocycles. The molecular formula is C22H24N4O. The summed E-state index contributed by atoms with van der Waals surface area (Å²) in [7, 11) is 1.68. The van der Waals surface area contributed by atoms with Crippen LogP contribution < -0.4 is 15.0 Å². The molecule has 0 aliphatic carbocycles. The molecule has 1 aliphatic rings. The molecule has 0 amide bonds. The van der Waals surface area contributed by atoms with Gasteiger partial charge in [0.25, 0.3) is 0 Å². The molecule has 0 saturated carbocycles. The summed E-state index contributed by atoms with van der Waals surface area (Å²) in [6.07, 6.45) is 1.02. The monoisotopic (exact) mass is 360 g/mol. The van der Waals surface area contributed by atoms with Crippen LogP contribution in [0.3, 0.4) is 0 Å². The highest BCUT2D eigenvalue weighted by Gasteiger charge is 2.28. The number of aromatic nitrogens is 2. The number of anilines is 4. The van der Waals surface area contributed by atoms with Crippen molar-refractivity contribution in [3.05, 3.63) is 65.5 Å². The summed E-state index contributed by atoms with van der Waals surface area (Å²) in [4.78, 5) is 11.6. The Balaban J connectivity index is 1.72. The number of ether oxygens (including phenoxy) is 1. The van der Waals surface area contributed by atoms with E-state index in [0.717, 1.165) is 40.9 Å². The first-order valence-corrected chi connectivity index (χ1v) is 9.19. The fraction of sp³-hybridized carbons (Fsp3) is 0.273. The van der Waals surface area contributed by atoms with Gasteiger partial charge in [-0.15, -0.1) is 0 Å². The summed E-state index contributed by atoms with van der Waals surface area (Å²) in [6.45, 7) is 6.22. The highest BCUT2D eigenvalue weighted by Crippen LogP contribution is 2.38. The molecular weight excluding hydrogens is 336 g/mol. The summed E-state index contributed by atoms with van der Waals surface area (Å²) >= 11 is 0. The van der Waals surface area contributed by atoms with Gasteiger partial charge in [-0.3, -0.25) is 0 Å². The minimum Gasteiger partial charge on any atom is -0.495 e. The van der Waals surface area contributed by atoms with Crippen LogP contribution in [0.4, 0.5) is 23.0 Å². The average Bonchev–Trinajstić information content (AvgIpc) is 2.97. The highest BCUT2D eigenvalue weighted by atomic mass is 16.5. The molecule has 4 rings (SSSR count). The molecule has 0 spiro atoms. The molecule has 0 radical (unpaired) electrons. The molecule has 138 valence electrons. The SMILES string of the molecule is COc1ccc(C)cc1Nc1cc(N2c3ccccc3CC2C)nc(C)n1. The van der Waals surface area contributed by atoms with Crippen LogP contribution in [0.5, 0.6) is 5.75 Å². The van der Waals surface area contributed by atoms with Crippen molar-refractivity contribution in [3.8, 4) is 5.75 Å². The van der Waals surface area contributed by atoms with E-state index in [-0.39, 0.29) is 0 Å². The van der Waals surface area contributed by atoms with E-state index in [1.807, 2.05) is 25.1 Å². The van der Waals surface area contributed by atoms with Crippen molar-refractivity contribution in [3.63, 3.8) is 0 Å². The maximum atomic E-state index is 5.48. The number of aryl methyl sites for hydroxylation is 2. The molecule has 1 aliphatic heterocycles. The van der Waals surface area contributed by atoms with Crippen molar-refractivity contribution in [1.82, 2.24) is 9.97 Å². The third kappa shape index (κ3) is 3.33. The van der Waals surface area contributed by atoms with Crippen molar-refractivity contribution in [2.75, 3.05) is 17.3 Å². The first-order chi connectivity index (χ1) is 13.0. The Kier molecular flexibility index (Phi) is 4.44. The number of nitrogens with one attached hydrogen (secondary N) is 1. The number of hydrogen-bond donors (Lipinski definition) is 1. The second kappa shape index (κ2) is 6.91. The van der Waals surface area contributed by atoms with Crippen molar-refractivity contribution < 1.29 is 4.74 Å². The zero-order valence-electron chi connectivity index (χ0n) is 16.2. The van der Waals surface area contributed by atoms with Crippen LogP contribution in [0.1, 0.15) is 23.9 Å². The Labute approximate surface area is 160 Å². The predicted octanol–water partition coefficient (Wildman–Crippen LogP) is 4.93. The van der Waals surface area contributed by atoms with Gasteiger partial charge in [-0.2, -0.15) is 0 Å². The Morgan fingerprint density at radius 1 is 1.07 bits per heavy atom. The summed E-state index contributed by atoms with van der Waals surface area (Å²) in [5, 5.41) is 3.40. The molecule has 1 unspecified atom stereocenters. The lowest BCUT2D eigenvalue weighted by Gasteiger charge is -2.24. The lowest BCUT2D eigenvalue weighted by Crippen LogP contribution is -2.25. The molecule has 2 heterocycles. The first-order valence-electron chi connectivity index (χ1n) is 9.19. The van der Waals surface area contributed by atoms with Gasteiger partial charge < -0.3 is 15.0 Å². The van der Waals surface area contributed by atoms with Crippen LogP contribution in [0.2, 0.25) is 0 Å². The van der Waals surface area contributed by atoms with E-state index in [4.69, 9.17) is 9.72 Å². The van der Waals surface area contributed by atoms with E-state index in [1.54, 1.807) is 7.11 Å². The molecule has 5 nitrogen and oxygen atoms in total. The van der Waals surface area contributed by atoms with Gasteiger partial charge in [0.2, 0.25) is 0 Å². The number of rotatable bonds is 4. The topological polar surface area (TPSA) is 50.3 Å². The Hall–Kier alpha value is -3.08. The summed E-state index contributed by atoms with van der Waals surface area (Å²) in [5.41, 5.74) is 4.64. The van der Waals surface area contributed by atoms with Crippen LogP contribution in [0, 0.1) is 13.8 Å². The molecule has 1 aromatic heterocycles. The Morgan fingerprint density at radius 2 is 1.89 bits per heavy atom. The number of para-hydroxylation sites is 1. The molecule has 1 atom stereocenters. The minimum absolute atomic E-state index is 0.359. The summed E-state index contributed by atoms with van der Waals surface area (Å²) in [6, 6.07) is 16.9. The zero-order chi connectivity index (χ0) is 19.0. The van der Waals surface area contributed by atoms with E-state index >= 15 is 0 Å². The largest absolute Gasteiger partial charge is 0.495 e. The van der Waals surface area contributed by atoms with E-state index in [0.29, 0.717) is 6.04 Å². The van der Waals surface area contributed by atoms with Gasteiger partial charge in [-0.25, -0.2) is 9.97 Å². The lowest BCUT2D eigenvalue weighted by atomic mass is 10.1. The first kappa shape index (κ1) is 17.3. The van der Waals surface area contributed by atoms with Crippen molar-refractivity contribution in [2.45, 2.75) is 33.2 Å². The van der Waals surface area contributed by atoms with Gasteiger partial charge in [0.05, 0.1) is 12.8 Å². The Bertz CT molecular complexity index is 986. The van der Waals surface area contributed by atoms with Crippen molar-refractivity contribution >= 4 is 23.0 Å². The highest BCUT2D eigenvalue weighted by molar-refractivity contribution is 5.72. The van der Waals surface area contributed by atoms with Crippen LogP contribution in [0.25, 0.3) is 0 Å². The molecule has 0 fully saturated rings. The zero-order valence-corrected chi connectivity index (χ0v) is 16.2. The Morgan fingerprint density at radius 3 is 2.70 bits per heavy atom. The normalized spacial score (nSPS) is 15.6. The van der Waals surface area contributed by atoms with Gasteiger partial charge >= 0.3 is 0 Å². The second-order valence-corrected chi connectivity index (χ2v) is 7.04. The smallest absolute Gasteiger partial charge is 0.142 e. The standard InChI is InChI=1S/C22H24N4O/c1-14-9-10-20(27-4)18(11-14)25-21-13-22(24-16(3)23-21)26-15(2)12-17-7-5-6-8-19(17)26/h5-11,13,15H,12H2,1-4H3,(H,23,24,25). The van der Waals surface area contributed by atoms with Gasteiger partial charge in [-0.1, -0.05) is 24.3 Å². The van der Waals surface area contributed by atoms with Crippen LogP contribution in [-0.2, 0) is 6.42 Å². The van der Waals surface area contributed by atoms with Gasteiger partial charge in [0.1, 0.15) is 23.2 Å². The molecule has 1 N–H and O–H groups in total. The van der Waals surface area contributed by atoms with Gasteiger partial charge in [-0.05, 0) is 56.5 Å². The number of hydrogen-bond acceptors (Lipinski definition) is 5. The predicted molar refractivity (Wildman–Crippen MR) is 110 cm³/mol. The number of nitrogens with zero attached hydrogens (tertiary/aromatic N) is 3. The van der Waals surface area contributed by atoms with Crippen LogP contribution in [0.15, 0.2) is 48.5 Å². The van der Waals surface area contributed by atoms with Crippen LogP contribution in [-0.4, -0.2) is 23.1 Å². The molecule has 3 aromatic rings. The van der Waals surface area contributed by atoms with Crippen LogP contribution >= 0.6 is 0 Å². The number of benzene rings is 2. The minimum atomic E-state index is 0.359. The molecule has 2 aromatic carbocycles. The third-order valence-electron chi connectivity index (χ3n) is 4.90. The fourth-order valence-corrected chi connectivity index (χ4v) is 3.71. The summed E-state index contributed by atoms with van der Waals surface area (Å²) < 4.78 is 5.48. The molecule has 27 heavy (non-hydrogen) atoms. The van der Waals surface area contributed by atoms with E-state index < -0.39 is 0 Å². The average molecular weight is 360 g/mol. The maximum Gasteiger partial charge on any atom is 0.142 e. The van der Waals surface area contributed by atoms with E-state index in [1.165, 1.54) is 11.3 Å². The van der Waals surface area contributed by atoms with Gasteiger partial charge in [0.15, 0.2) is 0 Å². The molecule has 0 bridgehead atoms. The number of fused-ring (bicyclic) bond motifs is 1. The van der Waals surface area contributed by atoms with E-state index in [2.05, 4.69) is 59.4 Å². The lowest BCUT2D eigenvalue weighted by molar-refractivity contribution is 0.416. The quantitative estimate of drug-likeness (QED) is 0.715. The van der Waals surface area contributed by atoms with Crippen molar-refractivity contribution in [1.29, 1.82) is 0 Å². The number of methoxy groups -OCH3 is 1.